The second kappa shape index (κ2) is 10.7. The fraction of sp³-hybridized carbons (Fsp3) is 0.524. The highest BCUT2D eigenvalue weighted by molar-refractivity contribution is 7.89. The van der Waals surface area contributed by atoms with Crippen LogP contribution in [0.4, 0.5) is 0 Å². The predicted octanol–water partition coefficient (Wildman–Crippen LogP) is 0.157. The molecule has 2 aliphatic heterocycles. The van der Waals surface area contributed by atoms with Gasteiger partial charge in [0.1, 0.15) is 11.6 Å². The van der Waals surface area contributed by atoms with Gasteiger partial charge in [-0.15, -0.1) is 0 Å². The number of carbonyl (C=O) groups is 1. The zero-order chi connectivity index (χ0) is 22.3. The first-order chi connectivity index (χ1) is 14.9. The summed E-state index contributed by atoms with van der Waals surface area (Å²) in [7, 11) is -3.55. The van der Waals surface area contributed by atoms with Gasteiger partial charge in [-0.1, -0.05) is 17.7 Å². The van der Waals surface area contributed by atoms with Gasteiger partial charge < -0.3 is 15.0 Å². The number of nitrogens with one attached hydrogen (secondary N) is 1. The molecule has 3 rings (SSSR count). The van der Waals surface area contributed by atoms with Gasteiger partial charge in [-0.05, 0) is 19.1 Å². The lowest BCUT2D eigenvalue weighted by Gasteiger charge is -2.33. The molecule has 2 aliphatic rings. The van der Waals surface area contributed by atoms with Crippen LogP contribution in [0, 0.1) is 18.3 Å². The van der Waals surface area contributed by atoms with Gasteiger partial charge in [0.05, 0.1) is 18.1 Å². The molecule has 2 heterocycles. The minimum Gasteiger partial charge on any atom is -0.379 e. The van der Waals surface area contributed by atoms with E-state index in [-0.39, 0.29) is 10.5 Å². The lowest BCUT2D eigenvalue weighted by Crippen LogP contribution is -2.47. The third kappa shape index (κ3) is 6.27. The highest BCUT2D eigenvalue weighted by atomic mass is 32.2. The monoisotopic (exact) mass is 447 g/mol. The Morgan fingerprint density at radius 3 is 2.39 bits per heavy atom. The van der Waals surface area contributed by atoms with Gasteiger partial charge in [-0.25, -0.2) is 8.42 Å². The summed E-state index contributed by atoms with van der Waals surface area (Å²) >= 11 is 0. The quantitative estimate of drug-likeness (QED) is 0.469. The number of carbonyl (C=O) groups excluding carboxylic acids is 1. The molecule has 0 bridgehead atoms. The molecule has 0 aliphatic carbocycles. The molecule has 1 aromatic carbocycles. The zero-order valence-corrected chi connectivity index (χ0v) is 18.6. The van der Waals surface area contributed by atoms with Crippen LogP contribution in [0.2, 0.25) is 0 Å². The molecule has 1 aromatic rings. The van der Waals surface area contributed by atoms with E-state index in [0.717, 1.165) is 18.7 Å². The summed E-state index contributed by atoms with van der Waals surface area (Å²) < 4.78 is 32.3. The average Bonchev–Trinajstić information content (AvgIpc) is 2.78. The van der Waals surface area contributed by atoms with Gasteiger partial charge in [0.25, 0.3) is 5.91 Å². The minimum atomic E-state index is -3.55. The molecular weight excluding hydrogens is 418 g/mol. The van der Waals surface area contributed by atoms with Gasteiger partial charge in [0.2, 0.25) is 10.0 Å². The summed E-state index contributed by atoms with van der Waals surface area (Å²) in [5.74, 6) is -0.412. The number of morpholine rings is 1. The van der Waals surface area contributed by atoms with Crippen molar-refractivity contribution in [2.75, 3.05) is 65.6 Å². The number of hydrogen-bond donors (Lipinski definition) is 1. The Hall–Kier alpha value is -2.45. The van der Waals surface area contributed by atoms with Crippen LogP contribution in [0.25, 0.3) is 0 Å². The van der Waals surface area contributed by atoms with Crippen molar-refractivity contribution in [3.05, 3.63) is 41.6 Å². The Bertz CT molecular complexity index is 926. The predicted molar refractivity (Wildman–Crippen MR) is 115 cm³/mol. The van der Waals surface area contributed by atoms with Crippen molar-refractivity contribution in [3.8, 4) is 6.07 Å². The smallest absolute Gasteiger partial charge is 0.263 e. The topological polar surface area (TPSA) is 106 Å². The van der Waals surface area contributed by atoms with Crippen molar-refractivity contribution in [2.45, 2.75) is 11.8 Å². The van der Waals surface area contributed by atoms with Crippen molar-refractivity contribution >= 4 is 15.9 Å². The summed E-state index contributed by atoms with van der Waals surface area (Å²) in [6.45, 7) is 7.57. The maximum absolute atomic E-state index is 12.8. The number of piperazine rings is 1. The average molecular weight is 448 g/mol. The lowest BCUT2D eigenvalue weighted by molar-refractivity contribution is -0.117. The third-order valence-electron chi connectivity index (χ3n) is 5.43. The second-order valence-electron chi connectivity index (χ2n) is 7.62. The first-order valence-electron chi connectivity index (χ1n) is 10.4. The van der Waals surface area contributed by atoms with Crippen LogP contribution in [-0.2, 0) is 19.6 Å². The number of aryl methyl sites for hydroxylation is 1. The first kappa shape index (κ1) is 23.2. The molecule has 1 N–H and O–H groups in total. The molecule has 0 unspecified atom stereocenters. The fourth-order valence-corrected chi connectivity index (χ4v) is 4.92. The van der Waals surface area contributed by atoms with E-state index >= 15 is 0 Å². The van der Waals surface area contributed by atoms with E-state index in [9.17, 15) is 18.5 Å². The molecule has 2 saturated heterocycles. The largest absolute Gasteiger partial charge is 0.379 e. The summed E-state index contributed by atoms with van der Waals surface area (Å²) in [6.07, 6.45) is 1.53. The van der Waals surface area contributed by atoms with Gasteiger partial charge in [-0.3, -0.25) is 9.69 Å². The van der Waals surface area contributed by atoms with E-state index in [1.807, 2.05) is 17.9 Å². The third-order valence-corrected chi connectivity index (χ3v) is 7.34. The van der Waals surface area contributed by atoms with E-state index in [4.69, 9.17) is 4.74 Å². The van der Waals surface area contributed by atoms with Crippen molar-refractivity contribution in [2.24, 2.45) is 0 Å². The van der Waals surface area contributed by atoms with E-state index in [0.29, 0.717) is 52.5 Å². The highest BCUT2D eigenvalue weighted by Crippen LogP contribution is 2.18. The van der Waals surface area contributed by atoms with E-state index in [1.54, 1.807) is 24.3 Å². The van der Waals surface area contributed by atoms with Crippen LogP contribution in [-0.4, -0.2) is 94.0 Å². The molecule has 0 spiro atoms. The standard InChI is InChI=1S/C21H29N5O4S/c1-18-2-4-20(5-3-18)31(28,29)26-10-8-25(9-11-26)17-19(16-22)21(27)23-6-7-24-12-14-30-15-13-24/h2-5,17H,6-15H2,1H3,(H,23,27)/b19-17-. The number of rotatable bonds is 7. The molecule has 0 atom stereocenters. The molecule has 31 heavy (non-hydrogen) atoms. The number of amides is 1. The molecular formula is C21H29N5O4S. The first-order valence-corrected chi connectivity index (χ1v) is 11.9. The molecule has 2 fully saturated rings. The molecule has 168 valence electrons. The van der Waals surface area contributed by atoms with Crippen LogP contribution < -0.4 is 5.32 Å². The van der Waals surface area contributed by atoms with Gasteiger partial charge in [-0.2, -0.15) is 9.57 Å². The van der Waals surface area contributed by atoms with Crippen LogP contribution in [0.5, 0.6) is 0 Å². The number of nitriles is 1. The minimum absolute atomic E-state index is 0.0248. The van der Waals surface area contributed by atoms with E-state index in [2.05, 4.69) is 10.2 Å². The summed E-state index contributed by atoms with van der Waals surface area (Å²) in [4.78, 5) is 16.6. The van der Waals surface area contributed by atoms with E-state index < -0.39 is 15.9 Å². The molecule has 0 radical (unpaired) electrons. The molecule has 9 nitrogen and oxygen atoms in total. The summed E-state index contributed by atoms with van der Waals surface area (Å²) in [5, 5.41) is 12.2. The van der Waals surface area contributed by atoms with Crippen molar-refractivity contribution < 1.29 is 17.9 Å². The lowest BCUT2D eigenvalue weighted by atomic mass is 10.2. The van der Waals surface area contributed by atoms with Gasteiger partial charge in [0.15, 0.2) is 0 Å². The van der Waals surface area contributed by atoms with Crippen molar-refractivity contribution in [1.29, 1.82) is 5.26 Å². The number of nitrogens with zero attached hydrogens (tertiary/aromatic N) is 4. The molecule has 0 aromatic heterocycles. The molecule has 0 saturated carbocycles. The summed E-state index contributed by atoms with van der Waals surface area (Å²) in [5.41, 5.74) is 1.03. The van der Waals surface area contributed by atoms with Gasteiger partial charge in [0, 0.05) is 58.6 Å². The highest BCUT2D eigenvalue weighted by Gasteiger charge is 2.28. The SMILES string of the molecule is Cc1ccc(S(=O)(=O)N2CCN(/C=C(/C#N)C(=O)NCCN3CCOCC3)CC2)cc1. The Morgan fingerprint density at radius 2 is 1.77 bits per heavy atom. The van der Waals surface area contributed by atoms with Crippen LogP contribution in [0.1, 0.15) is 5.56 Å². The number of hydrogen-bond acceptors (Lipinski definition) is 7. The van der Waals surface area contributed by atoms with E-state index in [1.165, 1.54) is 10.5 Å². The van der Waals surface area contributed by atoms with Crippen LogP contribution >= 0.6 is 0 Å². The summed E-state index contributed by atoms with van der Waals surface area (Å²) in [6, 6.07) is 8.75. The normalized spacial score (nSPS) is 19.1. The van der Waals surface area contributed by atoms with Crippen LogP contribution in [0.3, 0.4) is 0 Å². The van der Waals surface area contributed by atoms with Crippen LogP contribution in [0.15, 0.2) is 40.9 Å². The number of sulfonamides is 1. The second-order valence-corrected chi connectivity index (χ2v) is 9.56. The maximum atomic E-state index is 12.8. The van der Waals surface area contributed by atoms with Crippen molar-refractivity contribution in [3.63, 3.8) is 0 Å². The number of ether oxygens (including phenoxy) is 1. The van der Waals surface area contributed by atoms with Gasteiger partial charge >= 0.3 is 0 Å². The Balaban J connectivity index is 1.51. The Labute approximate surface area is 183 Å². The number of benzene rings is 1. The maximum Gasteiger partial charge on any atom is 0.263 e. The molecule has 10 heteroatoms. The Kier molecular flexibility index (Phi) is 8.03. The fourth-order valence-electron chi connectivity index (χ4n) is 3.50. The van der Waals surface area contributed by atoms with Crippen molar-refractivity contribution in [1.82, 2.24) is 19.4 Å². The zero-order valence-electron chi connectivity index (χ0n) is 17.8. The molecule has 1 amide bonds. The Morgan fingerprint density at radius 1 is 1.13 bits per heavy atom.